The van der Waals surface area contributed by atoms with Gasteiger partial charge in [-0.1, -0.05) is 0 Å². The molecule has 1 unspecified atom stereocenters. The summed E-state index contributed by atoms with van der Waals surface area (Å²) in [4.78, 5) is 16.0. The third kappa shape index (κ3) is 2.88. The lowest BCUT2D eigenvalue weighted by Crippen LogP contribution is -2.43. The number of aliphatic hydroxyl groups excluding tert-OH is 2. The molecular formula is C15H21N3O3. The number of carbonyl (C=O) groups is 1. The Kier molecular flexibility index (Phi) is 4.10. The van der Waals surface area contributed by atoms with Crippen molar-refractivity contribution in [1.29, 1.82) is 0 Å². The van der Waals surface area contributed by atoms with E-state index < -0.39 is 6.10 Å². The molecule has 3 N–H and O–H groups in total. The number of hydrogen-bond donors (Lipinski definition) is 3. The first-order valence-electron chi connectivity index (χ1n) is 7.37. The normalized spacial score (nSPS) is 19.8. The molecule has 0 aliphatic carbocycles. The minimum Gasteiger partial charge on any atom is -0.394 e. The zero-order valence-electron chi connectivity index (χ0n) is 12.0. The molecule has 0 bridgehead atoms. The maximum Gasteiger partial charge on any atom is 0.231 e. The van der Waals surface area contributed by atoms with E-state index in [0.29, 0.717) is 6.42 Å². The minimum absolute atomic E-state index is 0.0186. The van der Waals surface area contributed by atoms with Crippen molar-refractivity contribution in [2.75, 3.05) is 49.1 Å². The third-order valence-corrected chi connectivity index (χ3v) is 4.08. The van der Waals surface area contributed by atoms with Crippen LogP contribution in [0.25, 0.3) is 0 Å². The van der Waals surface area contributed by atoms with Crippen molar-refractivity contribution in [1.82, 2.24) is 5.32 Å². The van der Waals surface area contributed by atoms with Crippen LogP contribution in [-0.2, 0) is 11.2 Å². The lowest BCUT2D eigenvalue weighted by atomic mass is 10.1. The van der Waals surface area contributed by atoms with Gasteiger partial charge in [0.15, 0.2) is 0 Å². The summed E-state index contributed by atoms with van der Waals surface area (Å²) in [7, 11) is 0. The molecule has 0 aromatic heterocycles. The standard InChI is InChI=1S/C15H21N3O3/c19-10-13(20)9-18-14-2-1-12(7-11(14)8-15(18)21)17-5-3-16-4-6-17/h1-2,7,13,16,19-20H,3-6,8-10H2. The van der Waals surface area contributed by atoms with Gasteiger partial charge in [-0.05, 0) is 23.8 Å². The number of anilines is 2. The second-order valence-corrected chi connectivity index (χ2v) is 5.57. The van der Waals surface area contributed by atoms with E-state index in [4.69, 9.17) is 5.11 Å². The Hall–Kier alpha value is -1.63. The molecule has 1 aromatic rings. The Morgan fingerprint density at radius 2 is 2.05 bits per heavy atom. The highest BCUT2D eigenvalue weighted by Gasteiger charge is 2.29. The van der Waals surface area contributed by atoms with E-state index in [9.17, 15) is 9.90 Å². The van der Waals surface area contributed by atoms with E-state index in [1.165, 1.54) is 0 Å². The summed E-state index contributed by atoms with van der Waals surface area (Å²) in [6, 6.07) is 6.05. The number of nitrogens with zero attached hydrogens (tertiary/aromatic N) is 2. The number of piperazine rings is 1. The van der Waals surface area contributed by atoms with Gasteiger partial charge in [0.2, 0.25) is 5.91 Å². The molecular weight excluding hydrogens is 270 g/mol. The highest BCUT2D eigenvalue weighted by atomic mass is 16.3. The van der Waals surface area contributed by atoms with Crippen molar-refractivity contribution in [3.05, 3.63) is 23.8 Å². The molecule has 1 amide bonds. The molecule has 6 nitrogen and oxygen atoms in total. The first-order chi connectivity index (χ1) is 10.2. The van der Waals surface area contributed by atoms with Crippen molar-refractivity contribution in [3.63, 3.8) is 0 Å². The molecule has 1 saturated heterocycles. The monoisotopic (exact) mass is 291 g/mol. The summed E-state index contributed by atoms with van der Waals surface area (Å²) in [5.41, 5.74) is 3.00. The van der Waals surface area contributed by atoms with E-state index in [1.807, 2.05) is 12.1 Å². The summed E-state index contributed by atoms with van der Waals surface area (Å²) in [6.45, 7) is 3.71. The van der Waals surface area contributed by atoms with E-state index in [-0.39, 0.29) is 19.1 Å². The Labute approximate surface area is 124 Å². The van der Waals surface area contributed by atoms with Gasteiger partial charge in [0, 0.05) is 37.6 Å². The highest BCUT2D eigenvalue weighted by Crippen LogP contribution is 2.32. The predicted octanol–water partition coefficient (Wildman–Crippen LogP) is -0.661. The highest BCUT2D eigenvalue weighted by molar-refractivity contribution is 6.01. The largest absolute Gasteiger partial charge is 0.394 e. The van der Waals surface area contributed by atoms with Gasteiger partial charge in [-0.2, -0.15) is 0 Å². The Balaban J connectivity index is 1.80. The van der Waals surface area contributed by atoms with Crippen molar-refractivity contribution >= 4 is 17.3 Å². The molecule has 2 heterocycles. The fourth-order valence-corrected chi connectivity index (χ4v) is 2.96. The van der Waals surface area contributed by atoms with Gasteiger partial charge in [0.25, 0.3) is 0 Å². The Bertz CT molecular complexity index is 529. The number of aliphatic hydroxyl groups is 2. The van der Waals surface area contributed by atoms with Crippen LogP contribution in [0.3, 0.4) is 0 Å². The lowest BCUT2D eigenvalue weighted by molar-refractivity contribution is -0.117. The van der Waals surface area contributed by atoms with Gasteiger partial charge in [-0.15, -0.1) is 0 Å². The predicted molar refractivity (Wildman–Crippen MR) is 80.7 cm³/mol. The second kappa shape index (κ2) is 6.01. The SMILES string of the molecule is O=C1Cc2cc(N3CCNCC3)ccc2N1CC(O)CO. The van der Waals surface area contributed by atoms with Crippen LogP contribution in [-0.4, -0.2) is 61.6 Å². The van der Waals surface area contributed by atoms with E-state index in [2.05, 4.69) is 16.3 Å². The number of amides is 1. The van der Waals surface area contributed by atoms with Gasteiger partial charge in [-0.3, -0.25) is 4.79 Å². The summed E-state index contributed by atoms with van der Waals surface area (Å²) < 4.78 is 0. The Morgan fingerprint density at radius 3 is 2.76 bits per heavy atom. The summed E-state index contributed by atoms with van der Waals surface area (Å²) in [5, 5.41) is 21.8. The van der Waals surface area contributed by atoms with Gasteiger partial charge in [0.05, 0.1) is 25.7 Å². The van der Waals surface area contributed by atoms with Crippen molar-refractivity contribution in [2.45, 2.75) is 12.5 Å². The van der Waals surface area contributed by atoms with Crippen LogP contribution >= 0.6 is 0 Å². The third-order valence-electron chi connectivity index (χ3n) is 4.08. The van der Waals surface area contributed by atoms with Crippen LogP contribution in [0.5, 0.6) is 0 Å². The van der Waals surface area contributed by atoms with Crippen LogP contribution in [0.15, 0.2) is 18.2 Å². The zero-order valence-corrected chi connectivity index (χ0v) is 12.0. The fraction of sp³-hybridized carbons (Fsp3) is 0.533. The zero-order chi connectivity index (χ0) is 14.8. The second-order valence-electron chi connectivity index (χ2n) is 5.57. The first-order valence-corrected chi connectivity index (χ1v) is 7.37. The molecule has 3 rings (SSSR count). The van der Waals surface area contributed by atoms with Gasteiger partial charge in [0.1, 0.15) is 0 Å². The number of hydrogen-bond acceptors (Lipinski definition) is 5. The maximum absolute atomic E-state index is 12.1. The molecule has 1 aromatic carbocycles. The number of carbonyl (C=O) groups excluding carboxylic acids is 1. The van der Waals surface area contributed by atoms with Crippen LogP contribution in [0.1, 0.15) is 5.56 Å². The van der Waals surface area contributed by atoms with Crippen molar-refractivity contribution in [2.24, 2.45) is 0 Å². The van der Waals surface area contributed by atoms with Crippen LogP contribution in [0, 0.1) is 0 Å². The number of nitrogens with one attached hydrogen (secondary N) is 1. The number of benzene rings is 1. The number of fused-ring (bicyclic) bond motifs is 1. The fourth-order valence-electron chi connectivity index (χ4n) is 2.96. The molecule has 114 valence electrons. The van der Waals surface area contributed by atoms with Gasteiger partial charge >= 0.3 is 0 Å². The molecule has 1 fully saturated rings. The molecule has 6 heteroatoms. The van der Waals surface area contributed by atoms with E-state index in [1.54, 1.807) is 4.90 Å². The molecule has 2 aliphatic heterocycles. The van der Waals surface area contributed by atoms with E-state index in [0.717, 1.165) is 43.1 Å². The van der Waals surface area contributed by atoms with E-state index >= 15 is 0 Å². The average molecular weight is 291 g/mol. The number of rotatable bonds is 4. The minimum atomic E-state index is -0.896. The lowest BCUT2D eigenvalue weighted by Gasteiger charge is -2.30. The van der Waals surface area contributed by atoms with Crippen LogP contribution in [0.2, 0.25) is 0 Å². The maximum atomic E-state index is 12.1. The smallest absolute Gasteiger partial charge is 0.231 e. The molecule has 21 heavy (non-hydrogen) atoms. The summed E-state index contributed by atoms with van der Waals surface area (Å²) in [5.74, 6) is -0.0186. The van der Waals surface area contributed by atoms with Crippen molar-refractivity contribution in [3.8, 4) is 0 Å². The first kappa shape index (κ1) is 14.3. The summed E-state index contributed by atoms with van der Waals surface area (Å²) in [6.07, 6.45) is -0.527. The van der Waals surface area contributed by atoms with Gasteiger partial charge in [-0.25, -0.2) is 0 Å². The molecule has 0 radical (unpaired) electrons. The van der Waals surface area contributed by atoms with Crippen molar-refractivity contribution < 1.29 is 15.0 Å². The average Bonchev–Trinajstić information content (AvgIpc) is 2.83. The Morgan fingerprint density at radius 1 is 1.29 bits per heavy atom. The molecule has 1 atom stereocenters. The quantitative estimate of drug-likeness (QED) is 0.686. The van der Waals surface area contributed by atoms with Gasteiger partial charge < -0.3 is 25.3 Å². The molecule has 2 aliphatic rings. The summed E-state index contributed by atoms with van der Waals surface area (Å²) >= 11 is 0. The van der Waals surface area contributed by atoms with Crippen LogP contribution in [0.4, 0.5) is 11.4 Å². The van der Waals surface area contributed by atoms with Crippen LogP contribution < -0.4 is 15.1 Å². The number of β-amino-alcohol motifs (C(OH)–C–C–N with tert-alkyl or cyclic N) is 1. The topological polar surface area (TPSA) is 76.0 Å². The molecule has 0 spiro atoms. The molecule has 0 saturated carbocycles.